The number of hydrogen-bond acceptors (Lipinski definition) is 1. The quantitative estimate of drug-likeness (QED) is 0.358. The molecule has 2 heteroatoms. The van der Waals surface area contributed by atoms with Crippen LogP contribution in [0.4, 0.5) is 0 Å². The molecule has 0 N–H and O–H groups in total. The van der Waals surface area contributed by atoms with E-state index in [1.54, 1.807) is 6.21 Å². The van der Waals surface area contributed by atoms with Crippen molar-refractivity contribution in [2.24, 2.45) is 9.98 Å². The Balaban J connectivity index is 4.33. The van der Waals surface area contributed by atoms with E-state index in [9.17, 15) is 0 Å². The molecule has 2 nitrogen and oxygen atoms in total. The molecule has 72 valence electrons. The Morgan fingerprint density at radius 3 is 2.54 bits per heavy atom. The molecule has 0 unspecified atom stereocenters. The van der Waals surface area contributed by atoms with Crippen molar-refractivity contribution in [2.75, 3.05) is 0 Å². The molecule has 0 bridgehead atoms. The van der Waals surface area contributed by atoms with E-state index in [0.29, 0.717) is 0 Å². The van der Waals surface area contributed by atoms with Gasteiger partial charge in [0.25, 0.3) is 0 Å². The maximum absolute atomic E-state index is 4.26. The predicted molar refractivity (Wildman–Crippen MR) is 60.5 cm³/mol. The lowest BCUT2D eigenvalue weighted by atomic mass is 10.3. The van der Waals surface area contributed by atoms with Gasteiger partial charge in [0.15, 0.2) is 0 Å². The van der Waals surface area contributed by atoms with Crippen LogP contribution in [0.1, 0.15) is 33.6 Å². The normalized spacial score (nSPS) is 13.0. The van der Waals surface area contributed by atoms with Crippen molar-refractivity contribution in [1.29, 1.82) is 0 Å². The van der Waals surface area contributed by atoms with Crippen LogP contribution in [0, 0.1) is 0 Å². The Kier molecular flexibility index (Phi) is 6.79. The molecule has 0 aliphatic carbocycles. The Labute approximate surface area is 80.8 Å². The third kappa shape index (κ3) is 6.02. The fourth-order valence-electron chi connectivity index (χ4n) is 0.805. The average molecular weight is 178 g/mol. The Hall–Kier alpha value is -1.18. The van der Waals surface area contributed by atoms with Crippen molar-refractivity contribution >= 4 is 12.1 Å². The van der Waals surface area contributed by atoms with Gasteiger partial charge in [0.2, 0.25) is 0 Å². The van der Waals surface area contributed by atoms with E-state index >= 15 is 0 Å². The van der Waals surface area contributed by atoms with Crippen LogP contribution in [-0.4, -0.2) is 12.1 Å². The van der Waals surface area contributed by atoms with Gasteiger partial charge in [-0.1, -0.05) is 26.5 Å². The monoisotopic (exact) mass is 178 g/mol. The highest BCUT2D eigenvalue weighted by Gasteiger charge is 1.90. The lowest BCUT2D eigenvalue weighted by Gasteiger charge is -1.95. The smallest absolute Gasteiger partial charge is 0.128 e. The fraction of sp³-hybridized carbons (Fsp3) is 0.455. The second kappa shape index (κ2) is 7.47. The highest BCUT2D eigenvalue weighted by molar-refractivity contribution is 5.89. The lowest BCUT2D eigenvalue weighted by molar-refractivity contribution is 1.19. The lowest BCUT2D eigenvalue weighted by Crippen LogP contribution is -1.91. The summed E-state index contributed by atoms with van der Waals surface area (Å²) >= 11 is 0. The van der Waals surface area contributed by atoms with Gasteiger partial charge >= 0.3 is 0 Å². The molecule has 0 aliphatic heterocycles. The molecule has 0 amide bonds. The summed E-state index contributed by atoms with van der Waals surface area (Å²) in [6.07, 6.45) is 7.55. The van der Waals surface area contributed by atoms with Gasteiger partial charge in [0.1, 0.15) is 5.84 Å². The Bertz CT molecular complexity index is 234. The molecular weight excluding hydrogens is 160 g/mol. The van der Waals surface area contributed by atoms with Crippen LogP contribution in [-0.2, 0) is 0 Å². The first-order chi connectivity index (χ1) is 6.24. The van der Waals surface area contributed by atoms with Crippen LogP contribution < -0.4 is 0 Å². The standard InChI is InChI=1S/C11H18N2/c1-5-8-9-10(4)13-11(6-2)12-7-3/h7-9H,4-6H2,1-3H3/b9-8-,12-7-,13-11-. The minimum atomic E-state index is 0.768. The molecule has 0 aromatic rings. The summed E-state index contributed by atoms with van der Waals surface area (Å²) in [6.45, 7) is 9.81. The van der Waals surface area contributed by atoms with Gasteiger partial charge in [-0.3, -0.25) is 0 Å². The molecule has 0 spiro atoms. The Morgan fingerprint density at radius 1 is 1.38 bits per heavy atom. The van der Waals surface area contributed by atoms with E-state index in [-0.39, 0.29) is 0 Å². The van der Waals surface area contributed by atoms with Gasteiger partial charge in [-0.15, -0.1) is 0 Å². The van der Waals surface area contributed by atoms with Gasteiger partial charge in [-0.25, -0.2) is 9.98 Å². The van der Waals surface area contributed by atoms with Crippen LogP contribution in [0.25, 0.3) is 0 Å². The number of allylic oxidation sites excluding steroid dienone is 2. The van der Waals surface area contributed by atoms with Gasteiger partial charge in [-0.2, -0.15) is 0 Å². The third-order valence-electron chi connectivity index (χ3n) is 1.41. The van der Waals surface area contributed by atoms with Crippen molar-refractivity contribution in [2.45, 2.75) is 33.6 Å². The van der Waals surface area contributed by atoms with Crippen molar-refractivity contribution in [1.82, 2.24) is 0 Å². The zero-order valence-corrected chi connectivity index (χ0v) is 8.75. The SMILES string of the molecule is C=C(/C=C\CC)/N=C(CC)\N=C/C. The summed E-state index contributed by atoms with van der Waals surface area (Å²) in [5.41, 5.74) is 0.768. The van der Waals surface area contributed by atoms with Crippen LogP contribution in [0.3, 0.4) is 0 Å². The van der Waals surface area contributed by atoms with E-state index in [1.165, 1.54) is 0 Å². The molecular formula is C11H18N2. The average Bonchev–Trinajstić information content (AvgIpc) is 2.14. The number of hydrogen-bond donors (Lipinski definition) is 0. The van der Waals surface area contributed by atoms with Crippen molar-refractivity contribution < 1.29 is 0 Å². The first-order valence-corrected chi connectivity index (χ1v) is 4.66. The van der Waals surface area contributed by atoms with Crippen molar-refractivity contribution in [3.05, 3.63) is 24.4 Å². The molecule has 0 saturated carbocycles. The van der Waals surface area contributed by atoms with Gasteiger partial charge in [0.05, 0.1) is 5.70 Å². The zero-order chi connectivity index (χ0) is 10.1. The Morgan fingerprint density at radius 2 is 2.08 bits per heavy atom. The number of amidine groups is 1. The number of nitrogens with zero attached hydrogens (tertiary/aromatic N) is 2. The fourth-order valence-corrected chi connectivity index (χ4v) is 0.805. The highest BCUT2D eigenvalue weighted by Crippen LogP contribution is 2.00. The van der Waals surface area contributed by atoms with Gasteiger partial charge in [-0.05, 0) is 19.4 Å². The van der Waals surface area contributed by atoms with E-state index in [0.717, 1.165) is 24.4 Å². The molecule has 0 rings (SSSR count). The molecule has 0 aromatic carbocycles. The highest BCUT2D eigenvalue weighted by atomic mass is 14.9. The summed E-state index contributed by atoms with van der Waals surface area (Å²) in [6, 6.07) is 0. The summed E-state index contributed by atoms with van der Waals surface area (Å²) in [7, 11) is 0. The third-order valence-corrected chi connectivity index (χ3v) is 1.41. The zero-order valence-electron chi connectivity index (χ0n) is 8.75. The largest absolute Gasteiger partial charge is 0.246 e. The van der Waals surface area contributed by atoms with Crippen LogP contribution in [0.5, 0.6) is 0 Å². The number of rotatable bonds is 4. The molecule has 0 aliphatic rings. The second-order valence-corrected chi connectivity index (χ2v) is 2.57. The molecule has 0 saturated heterocycles. The van der Waals surface area contributed by atoms with Crippen LogP contribution in [0.2, 0.25) is 0 Å². The summed E-state index contributed by atoms with van der Waals surface area (Å²) < 4.78 is 0. The van der Waals surface area contributed by atoms with E-state index in [1.807, 2.05) is 26.0 Å². The first-order valence-electron chi connectivity index (χ1n) is 4.66. The van der Waals surface area contributed by atoms with Gasteiger partial charge < -0.3 is 0 Å². The van der Waals surface area contributed by atoms with Crippen molar-refractivity contribution in [3.8, 4) is 0 Å². The molecule has 0 atom stereocenters. The summed E-state index contributed by atoms with van der Waals surface area (Å²) in [4.78, 5) is 8.38. The van der Waals surface area contributed by atoms with Crippen molar-refractivity contribution in [3.63, 3.8) is 0 Å². The minimum absolute atomic E-state index is 0.768. The van der Waals surface area contributed by atoms with Crippen LogP contribution in [0.15, 0.2) is 34.4 Å². The first kappa shape index (κ1) is 11.8. The molecule has 0 heterocycles. The second-order valence-electron chi connectivity index (χ2n) is 2.57. The van der Waals surface area contributed by atoms with E-state index < -0.39 is 0 Å². The maximum atomic E-state index is 4.26. The maximum Gasteiger partial charge on any atom is 0.128 e. The van der Waals surface area contributed by atoms with E-state index in [2.05, 4.69) is 23.5 Å². The van der Waals surface area contributed by atoms with Gasteiger partial charge in [0, 0.05) is 12.6 Å². The summed E-state index contributed by atoms with van der Waals surface area (Å²) in [5.74, 6) is 0.827. The molecule has 13 heavy (non-hydrogen) atoms. The topological polar surface area (TPSA) is 24.7 Å². The minimum Gasteiger partial charge on any atom is -0.246 e. The van der Waals surface area contributed by atoms with E-state index in [4.69, 9.17) is 0 Å². The number of aliphatic imine (C=N–C) groups is 2. The molecule has 0 radical (unpaired) electrons. The molecule has 0 aromatic heterocycles. The predicted octanol–water partition coefficient (Wildman–Crippen LogP) is 3.37. The van der Waals surface area contributed by atoms with Crippen LogP contribution >= 0.6 is 0 Å². The molecule has 0 fully saturated rings. The summed E-state index contributed by atoms with van der Waals surface area (Å²) in [5, 5.41) is 0.